The summed E-state index contributed by atoms with van der Waals surface area (Å²) in [5.74, 6) is 0.824. The van der Waals surface area contributed by atoms with Crippen LogP contribution in [0.4, 0.5) is 0 Å². The zero-order valence-electron chi connectivity index (χ0n) is 10.3. The van der Waals surface area contributed by atoms with Crippen molar-refractivity contribution in [2.45, 2.75) is 6.54 Å². The van der Waals surface area contributed by atoms with Crippen LogP contribution in [0.1, 0.15) is 21.9 Å². The highest BCUT2D eigenvalue weighted by molar-refractivity contribution is 6.09. The molecule has 3 rings (SSSR count). The monoisotopic (exact) mass is 251 g/mol. The van der Waals surface area contributed by atoms with E-state index >= 15 is 0 Å². The Bertz CT molecular complexity index is 743. The van der Waals surface area contributed by atoms with Crippen LogP contribution in [0.25, 0.3) is 10.8 Å². The van der Waals surface area contributed by atoms with Crippen LogP contribution in [0, 0.1) is 0 Å². The fraction of sp³-hybridized carbons (Fsp3) is 0.0625. The predicted molar refractivity (Wildman–Crippen MR) is 74.0 cm³/mol. The summed E-state index contributed by atoms with van der Waals surface area (Å²) in [6.07, 6.45) is 0. The molecule has 0 radical (unpaired) electrons. The highest BCUT2D eigenvalue weighted by Crippen LogP contribution is 2.19. The number of ketones is 1. The van der Waals surface area contributed by atoms with Crippen LogP contribution in [-0.4, -0.2) is 5.78 Å². The van der Waals surface area contributed by atoms with E-state index in [-0.39, 0.29) is 5.78 Å². The van der Waals surface area contributed by atoms with Crippen molar-refractivity contribution in [3.05, 3.63) is 71.7 Å². The lowest BCUT2D eigenvalue weighted by atomic mass is 10.0. The molecule has 2 aromatic carbocycles. The Hall–Kier alpha value is -2.39. The van der Waals surface area contributed by atoms with Crippen molar-refractivity contribution in [2.75, 3.05) is 0 Å². The summed E-state index contributed by atoms with van der Waals surface area (Å²) >= 11 is 0. The molecule has 0 spiro atoms. The van der Waals surface area contributed by atoms with Crippen LogP contribution in [0.5, 0.6) is 0 Å². The van der Waals surface area contributed by atoms with Gasteiger partial charge in [-0.15, -0.1) is 0 Å². The fourth-order valence-electron chi connectivity index (χ4n) is 2.08. The maximum atomic E-state index is 12.3. The minimum Gasteiger partial charge on any atom is -0.456 e. The summed E-state index contributed by atoms with van der Waals surface area (Å²) in [6.45, 7) is 0.297. The number of carbonyl (C=O) groups is 1. The predicted octanol–water partition coefficient (Wildman–Crippen LogP) is 3.12. The van der Waals surface area contributed by atoms with Gasteiger partial charge in [0.2, 0.25) is 5.78 Å². The van der Waals surface area contributed by atoms with Crippen molar-refractivity contribution in [3.8, 4) is 0 Å². The Morgan fingerprint density at radius 1 is 1.00 bits per heavy atom. The van der Waals surface area contributed by atoms with Crippen molar-refractivity contribution >= 4 is 16.6 Å². The molecule has 0 atom stereocenters. The average Bonchev–Trinajstić information content (AvgIpc) is 2.95. The van der Waals surface area contributed by atoms with E-state index in [1.54, 1.807) is 12.1 Å². The molecule has 0 saturated heterocycles. The first-order chi connectivity index (χ1) is 9.28. The quantitative estimate of drug-likeness (QED) is 0.727. The lowest BCUT2D eigenvalue weighted by Gasteiger charge is -2.01. The van der Waals surface area contributed by atoms with Crippen molar-refractivity contribution < 1.29 is 9.21 Å². The number of hydrogen-bond acceptors (Lipinski definition) is 3. The van der Waals surface area contributed by atoms with E-state index < -0.39 is 0 Å². The van der Waals surface area contributed by atoms with E-state index in [0.717, 1.165) is 10.8 Å². The molecule has 94 valence electrons. The smallest absolute Gasteiger partial charge is 0.228 e. The minimum absolute atomic E-state index is 0.120. The van der Waals surface area contributed by atoms with E-state index in [9.17, 15) is 4.79 Å². The first-order valence-corrected chi connectivity index (χ1v) is 6.10. The standard InChI is InChI=1S/C16H13NO2/c17-10-14-7-8-15(19-14)16(18)13-6-5-11-3-1-2-4-12(11)9-13/h1-9H,10,17H2. The fourth-order valence-corrected chi connectivity index (χ4v) is 2.08. The van der Waals surface area contributed by atoms with Crippen molar-refractivity contribution in [1.82, 2.24) is 0 Å². The zero-order valence-corrected chi connectivity index (χ0v) is 10.3. The van der Waals surface area contributed by atoms with Gasteiger partial charge in [0.25, 0.3) is 0 Å². The molecule has 0 aliphatic rings. The second kappa shape index (κ2) is 4.71. The Morgan fingerprint density at radius 3 is 2.53 bits per heavy atom. The topological polar surface area (TPSA) is 56.2 Å². The summed E-state index contributed by atoms with van der Waals surface area (Å²) in [5.41, 5.74) is 6.09. The van der Waals surface area contributed by atoms with Crippen molar-refractivity contribution in [1.29, 1.82) is 0 Å². The number of carbonyl (C=O) groups excluding carboxylic acids is 1. The van der Waals surface area contributed by atoms with Gasteiger partial charge in [0.15, 0.2) is 5.76 Å². The molecule has 0 aliphatic carbocycles. The van der Waals surface area contributed by atoms with Crippen molar-refractivity contribution in [2.24, 2.45) is 5.73 Å². The molecule has 3 aromatic rings. The van der Waals surface area contributed by atoms with Gasteiger partial charge in [0.1, 0.15) is 5.76 Å². The molecular weight excluding hydrogens is 238 g/mol. The van der Waals surface area contributed by atoms with Gasteiger partial charge in [-0.2, -0.15) is 0 Å². The molecular formula is C16H13NO2. The first kappa shape index (κ1) is 11.7. The Morgan fingerprint density at radius 2 is 1.79 bits per heavy atom. The molecule has 0 unspecified atom stereocenters. The third kappa shape index (κ3) is 2.16. The normalized spacial score (nSPS) is 10.8. The van der Waals surface area contributed by atoms with Gasteiger partial charge in [-0.05, 0) is 29.0 Å². The lowest BCUT2D eigenvalue weighted by molar-refractivity contribution is 0.101. The molecule has 3 nitrogen and oxygen atoms in total. The Labute approximate surface area is 110 Å². The van der Waals surface area contributed by atoms with Gasteiger partial charge in [-0.1, -0.05) is 36.4 Å². The number of nitrogens with two attached hydrogens (primary N) is 1. The van der Waals surface area contributed by atoms with Crippen LogP contribution in [0.3, 0.4) is 0 Å². The van der Waals surface area contributed by atoms with Crippen LogP contribution in [0.15, 0.2) is 59.0 Å². The van der Waals surface area contributed by atoms with E-state index in [2.05, 4.69) is 0 Å². The molecule has 0 bridgehead atoms. The molecule has 2 N–H and O–H groups in total. The zero-order chi connectivity index (χ0) is 13.2. The second-order valence-electron chi connectivity index (χ2n) is 4.36. The molecule has 19 heavy (non-hydrogen) atoms. The maximum absolute atomic E-state index is 12.3. The van der Waals surface area contributed by atoms with Crippen LogP contribution < -0.4 is 5.73 Å². The van der Waals surface area contributed by atoms with Gasteiger partial charge >= 0.3 is 0 Å². The number of rotatable bonds is 3. The van der Waals surface area contributed by atoms with E-state index in [1.165, 1.54) is 0 Å². The maximum Gasteiger partial charge on any atom is 0.228 e. The molecule has 0 fully saturated rings. The highest BCUT2D eigenvalue weighted by atomic mass is 16.3. The first-order valence-electron chi connectivity index (χ1n) is 6.10. The number of fused-ring (bicyclic) bond motifs is 1. The van der Waals surface area contributed by atoms with Crippen LogP contribution >= 0.6 is 0 Å². The van der Waals surface area contributed by atoms with E-state index in [4.69, 9.17) is 10.2 Å². The highest BCUT2D eigenvalue weighted by Gasteiger charge is 2.13. The van der Waals surface area contributed by atoms with Crippen molar-refractivity contribution in [3.63, 3.8) is 0 Å². The summed E-state index contributed by atoms with van der Waals surface area (Å²) in [5, 5.41) is 2.15. The molecule has 0 amide bonds. The molecule has 3 heteroatoms. The lowest BCUT2D eigenvalue weighted by Crippen LogP contribution is -2.00. The second-order valence-corrected chi connectivity index (χ2v) is 4.36. The summed E-state index contributed by atoms with van der Waals surface area (Å²) in [7, 11) is 0. The van der Waals surface area contributed by atoms with E-state index in [0.29, 0.717) is 23.6 Å². The minimum atomic E-state index is -0.120. The summed E-state index contributed by atoms with van der Waals surface area (Å²) in [4.78, 5) is 12.3. The molecule has 1 heterocycles. The van der Waals surface area contributed by atoms with E-state index in [1.807, 2.05) is 42.5 Å². The molecule has 1 aromatic heterocycles. The molecule has 0 aliphatic heterocycles. The Kier molecular flexibility index (Phi) is 2.89. The molecule has 0 saturated carbocycles. The van der Waals surface area contributed by atoms with Gasteiger partial charge in [0, 0.05) is 5.56 Å². The number of furan rings is 1. The average molecular weight is 251 g/mol. The van der Waals surface area contributed by atoms with Crippen LogP contribution in [-0.2, 0) is 6.54 Å². The Balaban J connectivity index is 2.01. The van der Waals surface area contributed by atoms with Crippen LogP contribution in [0.2, 0.25) is 0 Å². The third-order valence-electron chi connectivity index (χ3n) is 3.10. The third-order valence-corrected chi connectivity index (χ3v) is 3.10. The number of benzene rings is 2. The summed E-state index contributed by atoms with van der Waals surface area (Å²) in [6, 6.07) is 17.0. The van der Waals surface area contributed by atoms with Gasteiger partial charge < -0.3 is 10.2 Å². The largest absolute Gasteiger partial charge is 0.456 e. The van der Waals surface area contributed by atoms with Gasteiger partial charge in [-0.25, -0.2) is 0 Å². The summed E-state index contributed by atoms with van der Waals surface area (Å²) < 4.78 is 5.39. The SMILES string of the molecule is NCc1ccc(C(=O)c2ccc3ccccc3c2)o1. The number of hydrogen-bond donors (Lipinski definition) is 1. The van der Waals surface area contributed by atoms with Gasteiger partial charge in [-0.3, -0.25) is 4.79 Å². The van der Waals surface area contributed by atoms with Gasteiger partial charge in [0.05, 0.1) is 6.54 Å².